The molecule has 1 heterocycles. The maximum atomic E-state index is 5.44. The summed E-state index contributed by atoms with van der Waals surface area (Å²) in [6.07, 6.45) is 4.30. The molecular weight excluding hydrogens is 236 g/mol. The molecule has 19 heavy (non-hydrogen) atoms. The van der Waals surface area contributed by atoms with E-state index in [1.54, 1.807) is 0 Å². The quantitative estimate of drug-likeness (QED) is 0.848. The normalized spacial score (nSPS) is 23.9. The van der Waals surface area contributed by atoms with E-state index < -0.39 is 0 Å². The van der Waals surface area contributed by atoms with Crippen LogP contribution in [0.25, 0.3) is 0 Å². The smallest absolute Gasteiger partial charge is 0.0710 e. The van der Waals surface area contributed by atoms with Crippen LogP contribution in [0.2, 0.25) is 0 Å². The van der Waals surface area contributed by atoms with Crippen LogP contribution in [0.5, 0.6) is 0 Å². The Morgan fingerprint density at radius 3 is 2.68 bits per heavy atom. The summed E-state index contributed by atoms with van der Waals surface area (Å²) >= 11 is 0. The van der Waals surface area contributed by atoms with E-state index in [1.807, 2.05) is 7.11 Å². The molecular formula is C16H24N2O. The Kier molecular flexibility index (Phi) is 4.16. The van der Waals surface area contributed by atoms with Crippen LogP contribution in [0.15, 0.2) is 24.3 Å². The molecule has 2 aliphatic rings. The molecule has 1 unspecified atom stereocenters. The molecule has 0 aromatic heterocycles. The summed E-state index contributed by atoms with van der Waals surface area (Å²) in [6.45, 7) is 4.30. The van der Waals surface area contributed by atoms with E-state index in [9.17, 15) is 0 Å². The molecule has 1 aromatic carbocycles. The van der Waals surface area contributed by atoms with Crippen LogP contribution in [0.1, 0.15) is 30.4 Å². The van der Waals surface area contributed by atoms with Gasteiger partial charge in [0.05, 0.1) is 6.10 Å². The SMILES string of the molecule is COC1CCN(Cc2ccccc2CNC2CC2)C1. The van der Waals surface area contributed by atoms with E-state index in [0.29, 0.717) is 6.10 Å². The standard InChI is InChI=1S/C16H24N2O/c1-19-16-8-9-18(12-16)11-14-5-3-2-4-13(14)10-17-15-6-7-15/h2-5,15-17H,6-12H2,1H3. The molecule has 0 amide bonds. The summed E-state index contributed by atoms with van der Waals surface area (Å²) in [5.74, 6) is 0. The molecule has 1 N–H and O–H groups in total. The third-order valence-corrected chi connectivity index (χ3v) is 4.23. The van der Waals surface area contributed by atoms with Gasteiger partial charge in [-0.15, -0.1) is 0 Å². The van der Waals surface area contributed by atoms with Gasteiger partial charge in [-0.25, -0.2) is 0 Å². The Balaban J connectivity index is 1.59. The van der Waals surface area contributed by atoms with Gasteiger partial charge in [0.2, 0.25) is 0 Å². The van der Waals surface area contributed by atoms with E-state index in [2.05, 4.69) is 34.5 Å². The fourth-order valence-electron chi connectivity index (χ4n) is 2.80. The summed E-state index contributed by atoms with van der Waals surface area (Å²) in [7, 11) is 1.82. The van der Waals surface area contributed by atoms with Crippen LogP contribution in [0, 0.1) is 0 Å². The van der Waals surface area contributed by atoms with Gasteiger partial charge in [0, 0.05) is 39.3 Å². The van der Waals surface area contributed by atoms with Gasteiger partial charge in [0.25, 0.3) is 0 Å². The number of methoxy groups -OCH3 is 1. The van der Waals surface area contributed by atoms with Crippen molar-refractivity contribution in [3.8, 4) is 0 Å². The van der Waals surface area contributed by atoms with Crippen LogP contribution < -0.4 is 5.32 Å². The topological polar surface area (TPSA) is 24.5 Å². The average Bonchev–Trinajstić information content (AvgIpc) is 3.16. The monoisotopic (exact) mass is 260 g/mol. The second-order valence-electron chi connectivity index (χ2n) is 5.81. The van der Waals surface area contributed by atoms with Crippen molar-refractivity contribution in [2.45, 2.75) is 44.5 Å². The Morgan fingerprint density at radius 1 is 1.21 bits per heavy atom. The molecule has 3 rings (SSSR count). The van der Waals surface area contributed by atoms with E-state index in [-0.39, 0.29) is 0 Å². The predicted octanol–water partition coefficient (Wildman–Crippen LogP) is 2.16. The van der Waals surface area contributed by atoms with Gasteiger partial charge in [0.15, 0.2) is 0 Å². The van der Waals surface area contributed by atoms with Crippen molar-refractivity contribution < 1.29 is 4.74 Å². The molecule has 3 nitrogen and oxygen atoms in total. The summed E-state index contributed by atoms with van der Waals surface area (Å²) in [4.78, 5) is 2.50. The lowest BCUT2D eigenvalue weighted by Crippen LogP contribution is -2.24. The number of hydrogen-bond donors (Lipinski definition) is 1. The number of benzene rings is 1. The highest BCUT2D eigenvalue weighted by Crippen LogP contribution is 2.21. The summed E-state index contributed by atoms with van der Waals surface area (Å²) in [5, 5.41) is 3.61. The Morgan fingerprint density at radius 2 is 2.00 bits per heavy atom. The lowest BCUT2D eigenvalue weighted by atomic mass is 10.1. The van der Waals surface area contributed by atoms with Crippen molar-refractivity contribution in [1.29, 1.82) is 0 Å². The van der Waals surface area contributed by atoms with E-state index >= 15 is 0 Å². The fourth-order valence-corrected chi connectivity index (χ4v) is 2.80. The number of rotatable bonds is 6. The molecule has 1 saturated heterocycles. The lowest BCUT2D eigenvalue weighted by Gasteiger charge is -2.18. The molecule has 0 radical (unpaired) electrons. The first-order chi connectivity index (χ1) is 9.35. The molecule has 104 valence electrons. The molecule has 1 atom stereocenters. The second-order valence-corrected chi connectivity index (χ2v) is 5.81. The molecule has 0 bridgehead atoms. The number of ether oxygens (including phenoxy) is 1. The van der Waals surface area contributed by atoms with Crippen LogP contribution in [-0.2, 0) is 17.8 Å². The zero-order valence-corrected chi connectivity index (χ0v) is 11.8. The average molecular weight is 260 g/mol. The van der Waals surface area contributed by atoms with Crippen molar-refractivity contribution in [3.05, 3.63) is 35.4 Å². The molecule has 0 spiro atoms. The molecule has 1 aliphatic carbocycles. The van der Waals surface area contributed by atoms with Gasteiger partial charge in [-0.2, -0.15) is 0 Å². The van der Waals surface area contributed by atoms with Crippen molar-refractivity contribution in [2.75, 3.05) is 20.2 Å². The van der Waals surface area contributed by atoms with Gasteiger partial charge in [0.1, 0.15) is 0 Å². The van der Waals surface area contributed by atoms with E-state index in [4.69, 9.17) is 4.74 Å². The van der Waals surface area contributed by atoms with Crippen molar-refractivity contribution in [1.82, 2.24) is 10.2 Å². The van der Waals surface area contributed by atoms with Crippen LogP contribution in [0.4, 0.5) is 0 Å². The van der Waals surface area contributed by atoms with E-state index in [1.165, 1.54) is 30.4 Å². The molecule has 1 aliphatic heterocycles. The zero-order chi connectivity index (χ0) is 13.1. The molecule has 3 heteroatoms. The van der Waals surface area contributed by atoms with Crippen LogP contribution >= 0.6 is 0 Å². The van der Waals surface area contributed by atoms with Gasteiger partial charge >= 0.3 is 0 Å². The number of likely N-dealkylation sites (tertiary alicyclic amines) is 1. The zero-order valence-electron chi connectivity index (χ0n) is 11.8. The largest absolute Gasteiger partial charge is 0.380 e. The predicted molar refractivity (Wildman–Crippen MR) is 77.0 cm³/mol. The Labute approximate surface area is 115 Å². The van der Waals surface area contributed by atoms with E-state index in [0.717, 1.165) is 32.2 Å². The Hall–Kier alpha value is -0.900. The minimum Gasteiger partial charge on any atom is -0.380 e. The first kappa shape index (κ1) is 13.1. The summed E-state index contributed by atoms with van der Waals surface area (Å²) in [5.41, 5.74) is 2.92. The van der Waals surface area contributed by atoms with Crippen molar-refractivity contribution >= 4 is 0 Å². The number of nitrogens with zero attached hydrogens (tertiary/aromatic N) is 1. The highest BCUT2D eigenvalue weighted by molar-refractivity contribution is 5.27. The lowest BCUT2D eigenvalue weighted by molar-refractivity contribution is 0.107. The molecule has 1 aromatic rings. The van der Waals surface area contributed by atoms with Gasteiger partial charge in [-0.1, -0.05) is 24.3 Å². The minimum absolute atomic E-state index is 0.428. The molecule has 2 fully saturated rings. The highest BCUT2D eigenvalue weighted by Gasteiger charge is 2.23. The van der Waals surface area contributed by atoms with Crippen LogP contribution in [0.3, 0.4) is 0 Å². The third kappa shape index (κ3) is 3.56. The van der Waals surface area contributed by atoms with Gasteiger partial charge in [-0.3, -0.25) is 4.90 Å². The van der Waals surface area contributed by atoms with Crippen molar-refractivity contribution in [2.24, 2.45) is 0 Å². The third-order valence-electron chi connectivity index (χ3n) is 4.23. The van der Waals surface area contributed by atoms with Gasteiger partial charge in [-0.05, 0) is 30.4 Å². The second kappa shape index (κ2) is 6.04. The first-order valence-corrected chi connectivity index (χ1v) is 7.40. The fraction of sp³-hybridized carbons (Fsp3) is 0.625. The summed E-state index contributed by atoms with van der Waals surface area (Å²) < 4.78 is 5.44. The summed E-state index contributed by atoms with van der Waals surface area (Å²) in [6, 6.07) is 9.60. The minimum atomic E-state index is 0.428. The maximum Gasteiger partial charge on any atom is 0.0710 e. The van der Waals surface area contributed by atoms with Crippen molar-refractivity contribution in [3.63, 3.8) is 0 Å². The van der Waals surface area contributed by atoms with Crippen LogP contribution in [-0.4, -0.2) is 37.2 Å². The van der Waals surface area contributed by atoms with Gasteiger partial charge < -0.3 is 10.1 Å². The molecule has 1 saturated carbocycles. The first-order valence-electron chi connectivity index (χ1n) is 7.40. The number of nitrogens with one attached hydrogen (secondary N) is 1. The Bertz CT molecular complexity index is 417. The maximum absolute atomic E-state index is 5.44. The number of hydrogen-bond acceptors (Lipinski definition) is 3. The highest BCUT2D eigenvalue weighted by atomic mass is 16.5.